The van der Waals surface area contributed by atoms with Gasteiger partial charge in [0, 0.05) is 11.4 Å². The first kappa shape index (κ1) is 10.6. The Morgan fingerprint density at radius 2 is 2.00 bits per heavy atom. The number of benzene rings is 1. The second-order valence-electron chi connectivity index (χ2n) is 2.87. The summed E-state index contributed by atoms with van der Waals surface area (Å²) in [6.45, 7) is 0. The van der Waals surface area contributed by atoms with Crippen LogP contribution in [0.5, 0.6) is 0 Å². The molecule has 1 aromatic carbocycles. The molecule has 70 valence electrons. The van der Waals surface area contributed by atoms with Crippen molar-refractivity contribution in [1.82, 2.24) is 0 Å². The van der Waals surface area contributed by atoms with Crippen LogP contribution in [0.2, 0.25) is 5.02 Å². The molecule has 0 aromatic heterocycles. The molecule has 0 atom stereocenters. The van der Waals surface area contributed by atoms with Crippen LogP contribution in [0.15, 0.2) is 18.2 Å². The molecule has 0 amide bonds. The van der Waals surface area contributed by atoms with Crippen LogP contribution in [-0.2, 0) is 12.8 Å². The SMILES string of the molecule is N#CCCc1cccc(Cl)c1CC#N. The van der Waals surface area contributed by atoms with Crippen LogP contribution >= 0.6 is 11.6 Å². The van der Waals surface area contributed by atoms with E-state index in [4.69, 9.17) is 22.1 Å². The standard InChI is InChI=1S/C11H9ClN2/c12-11-5-1-3-9(4-2-7-13)10(11)6-8-14/h1,3,5H,2,4,6H2. The van der Waals surface area contributed by atoms with Gasteiger partial charge in [-0.1, -0.05) is 23.7 Å². The van der Waals surface area contributed by atoms with Gasteiger partial charge in [0.1, 0.15) is 0 Å². The van der Waals surface area contributed by atoms with Crippen molar-refractivity contribution in [1.29, 1.82) is 10.5 Å². The van der Waals surface area contributed by atoms with Crippen LogP contribution in [0.25, 0.3) is 0 Å². The largest absolute Gasteiger partial charge is 0.198 e. The van der Waals surface area contributed by atoms with E-state index >= 15 is 0 Å². The van der Waals surface area contributed by atoms with Gasteiger partial charge in [-0.15, -0.1) is 0 Å². The molecule has 0 fully saturated rings. The molecule has 0 unspecified atom stereocenters. The Balaban J connectivity index is 2.98. The average Bonchev–Trinajstić information content (AvgIpc) is 2.19. The van der Waals surface area contributed by atoms with Crippen molar-refractivity contribution >= 4 is 11.6 Å². The third-order valence-corrected chi connectivity index (χ3v) is 2.33. The zero-order chi connectivity index (χ0) is 10.4. The molecule has 3 heteroatoms. The summed E-state index contributed by atoms with van der Waals surface area (Å²) in [4.78, 5) is 0. The lowest BCUT2D eigenvalue weighted by atomic mass is 10.0. The maximum absolute atomic E-state index is 8.62. The summed E-state index contributed by atoms with van der Waals surface area (Å²) in [5.41, 5.74) is 1.85. The summed E-state index contributed by atoms with van der Waals surface area (Å²) in [5.74, 6) is 0. The lowest BCUT2D eigenvalue weighted by molar-refractivity contribution is 0.985. The lowest BCUT2D eigenvalue weighted by Gasteiger charge is -2.06. The first-order chi connectivity index (χ1) is 6.79. The van der Waals surface area contributed by atoms with E-state index in [0.29, 0.717) is 24.3 Å². The minimum atomic E-state index is 0.306. The van der Waals surface area contributed by atoms with Gasteiger partial charge < -0.3 is 0 Å². The zero-order valence-corrected chi connectivity index (χ0v) is 8.38. The highest BCUT2D eigenvalue weighted by atomic mass is 35.5. The predicted octanol–water partition coefficient (Wildman–Crippen LogP) is 2.86. The van der Waals surface area contributed by atoms with Gasteiger partial charge in [0.2, 0.25) is 0 Å². The first-order valence-electron chi connectivity index (χ1n) is 4.29. The van der Waals surface area contributed by atoms with Gasteiger partial charge in [0.05, 0.1) is 18.6 Å². The average molecular weight is 205 g/mol. The first-order valence-corrected chi connectivity index (χ1v) is 4.67. The van der Waals surface area contributed by atoms with Crippen LogP contribution < -0.4 is 0 Å². The number of aryl methyl sites for hydroxylation is 1. The fourth-order valence-corrected chi connectivity index (χ4v) is 1.57. The van der Waals surface area contributed by atoms with Crippen molar-refractivity contribution in [3.05, 3.63) is 34.3 Å². The molecule has 14 heavy (non-hydrogen) atoms. The minimum absolute atomic E-state index is 0.306. The Labute approximate surface area is 88.3 Å². The lowest BCUT2D eigenvalue weighted by Crippen LogP contribution is -1.94. The monoisotopic (exact) mass is 204 g/mol. The number of nitriles is 2. The summed E-state index contributed by atoms with van der Waals surface area (Å²) in [6, 6.07) is 9.68. The van der Waals surface area contributed by atoms with Gasteiger partial charge in [-0.25, -0.2) is 0 Å². The second kappa shape index (κ2) is 5.27. The molecule has 2 nitrogen and oxygen atoms in total. The van der Waals surface area contributed by atoms with Gasteiger partial charge in [-0.2, -0.15) is 10.5 Å². The van der Waals surface area contributed by atoms with E-state index in [-0.39, 0.29) is 0 Å². The van der Waals surface area contributed by atoms with Crippen molar-refractivity contribution in [3.8, 4) is 12.1 Å². The normalized spacial score (nSPS) is 9.07. The summed E-state index contributed by atoms with van der Waals surface area (Å²) in [6.07, 6.45) is 1.42. The summed E-state index contributed by atoms with van der Waals surface area (Å²) >= 11 is 5.95. The molecule has 0 bridgehead atoms. The van der Waals surface area contributed by atoms with Gasteiger partial charge in [0.15, 0.2) is 0 Å². The van der Waals surface area contributed by atoms with Crippen LogP contribution in [0.1, 0.15) is 17.5 Å². The molecular formula is C11H9ClN2. The number of nitrogens with zero attached hydrogens (tertiary/aromatic N) is 2. The van der Waals surface area contributed by atoms with Gasteiger partial charge in [0.25, 0.3) is 0 Å². The maximum Gasteiger partial charge on any atom is 0.0670 e. The van der Waals surface area contributed by atoms with Crippen LogP contribution in [0.4, 0.5) is 0 Å². The molecule has 0 radical (unpaired) electrons. The molecule has 0 N–H and O–H groups in total. The molecule has 0 saturated carbocycles. The Hall–Kier alpha value is -1.51. The van der Waals surface area contributed by atoms with E-state index in [1.807, 2.05) is 12.1 Å². The fraction of sp³-hybridized carbons (Fsp3) is 0.273. The van der Waals surface area contributed by atoms with Gasteiger partial charge >= 0.3 is 0 Å². The van der Waals surface area contributed by atoms with Crippen molar-refractivity contribution in [3.63, 3.8) is 0 Å². The summed E-state index contributed by atoms with van der Waals surface area (Å²) < 4.78 is 0. The maximum atomic E-state index is 8.62. The number of hydrogen-bond donors (Lipinski definition) is 0. The molecule has 0 saturated heterocycles. The van der Waals surface area contributed by atoms with E-state index < -0.39 is 0 Å². The minimum Gasteiger partial charge on any atom is -0.198 e. The van der Waals surface area contributed by atoms with Crippen molar-refractivity contribution < 1.29 is 0 Å². The highest BCUT2D eigenvalue weighted by molar-refractivity contribution is 6.31. The number of halogens is 1. The summed E-state index contributed by atoms with van der Waals surface area (Å²) in [7, 11) is 0. The van der Waals surface area contributed by atoms with Gasteiger partial charge in [-0.3, -0.25) is 0 Å². The van der Waals surface area contributed by atoms with Gasteiger partial charge in [-0.05, 0) is 23.6 Å². The van der Waals surface area contributed by atoms with E-state index in [1.165, 1.54) is 0 Å². The highest BCUT2D eigenvalue weighted by Gasteiger charge is 2.05. The Bertz CT molecular complexity index is 399. The molecule has 0 aliphatic rings. The van der Waals surface area contributed by atoms with Crippen molar-refractivity contribution in [2.24, 2.45) is 0 Å². The molecular weight excluding hydrogens is 196 g/mol. The quantitative estimate of drug-likeness (QED) is 0.760. The highest BCUT2D eigenvalue weighted by Crippen LogP contribution is 2.21. The molecule has 0 aliphatic heterocycles. The Kier molecular flexibility index (Phi) is 3.98. The third kappa shape index (κ3) is 2.49. The van der Waals surface area contributed by atoms with E-state index in [0.717, 1.165) is 11.1 Å². The molecule has 1 rings (SSSR count). The zero-order valence-electron chi connectivity index (χ0n) is 7.63. The third-order valence-electron chi connectivity index (χ3n) is 1.98. The Morgan fingerprint density at radius 3 is 2.64 bits per heavy atom. The van der Waals surface area contributed by atoms with E-state index in [2.05, 4.69) is 12.1 Å². The number of rotatable bonds is 3. The van der Waals surface area contributed by atoms with Crippen LogP contribution in [-0.4, -0.2) is 0 Å². The number of hydrogen-bond acceptors (Lipinski definition) is 2. The smallest absolute Gasteiger partial charge is 0.0670 e. The van der Waals surface area contributed by atoms with Crippen LogP contribution in [0, 0.1) is 22.7 Å². The molecule has 0 aliphatic carbocycles. The van der Waals surface area contributed by atoms with Crippen molar-refractivity contribution in [2.75, 3.05) is 0 Å². The van der Waals surface area contributed by atoms with Crippen molar-refractivity contribution in [2.45, 2.75) is 19.3 Å². The molecule has 1 aromatic rings. The van der Waals surface area contributed by atoms with E-state index in [1.54, 1.807) is 6.07 Å². The second-order valence-corrected chi connectivity index (χ2v) is 3.28. The topological polar surface area (TPSA) is 47.6 Å². The molecule has 0 heterocycles. The Morgan fingerprint density at radius 1 is 1.21 bits per heavy atom. The van der Waals surface area contributed by atoms with Crippen LogP contribution in [0.3, 0.4) is 0 Å². The van der Waals surface area contributed by atoms with E-state index in [9.17, 15) is 0 Å². The fourth-order valence-electron chi connectivity index (χ4n) is 1.31. The summed E-state index contributed by atoms with van der Waals surface area (Å²) in [5, 5.41) is 17.7. The molecule has 0 spiro atoms. The predicted molar refractivity (Wildman–Crippen MR) is 54.7 cm³/mol.